The third-order valence-electron chi connectivity index (χ3n) is 4.48. The molecular weight excluding hydrogens is 377 g/mol. The molecule has 0 saturated heterocycles. The first-order chi connectivity index (χ1) is 13.4. The molecule has 1 N–H and O–H groups in total. The third kappa shape index (κ3) is 3.37. The minimum atomic E-state index is -0.537. The van der Waals surface area contributed by atoms with Gasteiger partial charge < -0.3 is 5.32 Å². The van der Waals surface area contributed by atoms with Gasteiger partial charge in [0.05, 0.1) is 5.02 Å². The van der Waals surface area contributed by atoms with Crippen molar-refractivity contribution in [1.82, 2.24) is 9.38 Å². The van der Waals surface area contributed by atoms with Crippen LogP contribution in [0.4, 0.5) is 10.1 Å². The lowest BCUT2D eigenvalue weighted by Gasteiger charge is -2.09. The number of carbonyl (C=O) groups excluding carboxylic acids is 1. The number of imidazole rings is 1. The number of rotatable bonds is 3. The van der Waals surface area contributed by atoms with Crippen LogP contribution in [-0.4, -0.2) is 15.3 Å². The Morgan fingerprint density at radius 1 is 1.04 bits per heavy atom. The summed E-state index contributed by atoms with van der Waals surface area (Å²) >= 11 is 5.84. The summed E-state index contributed by atoms with van der Waals surface area (Å²) in [7, 11) is 0. The van der Waals surface area contributed by atoms with Crippen LogP contribution in [-0.2, 0) is 0 Å². The molecule has 4 rings (SSSR count). The first-order valence-corrected chi connectivity index (χ1v) is 9.12. The van der Waals surface area contributed by atoms with Gasteiger partial charge in [-0.05, 0) is 43.7 Å². The number of aryl methyl sites for hydroxylation is 2. The van der Waals surface area contributed by atoms with Crippen LogP contribution in [0, 0.1) is 19.7 Å². The molecule has 2 aromatic heterocycles. The van der Waals surface area contributed by atoms with Crippen LogP contribution in [0.2, 0.25) is 5.02 Å². The Bertz CT molecular complexity index is 1200. The number of halogens is 2. The SMILES string of the molecule is Cc1ccc(-c2nc3ccc(C)cn3c2C(=O)Nc2ccc(F)c(Cl)c2)cc1. The van der Waals surface area contributed by atoms with Gasteiger partial charge in [0.2, 0.25) is 0 Å². The number of aromatic nitrogens is 2. The van der Waals surface area contributed by atoms with Crippen molar-refractivity contribution in [2.24, 2.45) is 0 Å². The van der Waals surface area contributed by atoms with Crippen LogP contribution in [0.3, 0.4) is 0 Å². The highest BCUT2D eigenvalue weighted by Gasteiger charge is 2.21. The van der Waals surface area contributed by atoms with Crippen molar-refractivity contribution in [3.8, 4) is 11.3 Å². The van der Waals surface area contributed by atoms with Crippen molar-refractivity contribution in [3.63, 3.8) is 0 Å². The number of pyridine rings is 1. The average Bonchev–Trinajstić information content (AvgIpc) is 3.04. The van der Waals surface area contributed by atoms with Crippen LogP contribution in [0.1, 0.15) is 21.6 Å². The number of fused-ring (bicyclic) bond motifs is 1. The summed E-state index contributed by atoms with van der Waals surface area (Å²) in [5.74, 6) is -0.887. The van der Waals surface area contributed by atoms with Crippen molar-refractivity contribution in [3.05, 3.63) is 88.5 Å². The summed E-state index contributed by atoms with van der Waals surface area (Å²) in [6.45, 7) is 3.95. The molecule has 0 spiro atoms. The molecule has 0 radical (unpaired) electrons. The second-order valence-corrected chi connectivity index (χ2v) is 7.10. The first-order valence-electron chi connectivity index (χ1n) is 8.74. The van der Waals surface area contributed by atoms with Crippen LogP contribution in [0.5, 0.6) is 0 Å². The molecule has 6 heteroatoms. The molecule has 2 aromatic carbocycles. The maximum atomic E-state index is 13.4. The van der Waals surface area contributed by atoms with E-state index in [0.29, 0.717) is 22.7 Å². The van der Waals surface area contributed by atoms with E-state index in [0.717, 1.165) is 16.7 Å². The Balaban J connectivity index is 1.84. The highest BCUT2D eigenvalue weighted by molar-refractivity contribution is 6.31. The summed E-state index contributed by atoms with van der Waals surface area (Å²) in [5.41, 5.74) is 5.03. The maximum absolute atomic E-state index is 13.4. The number of benzene rings is 2. The minimum Gasteiger partial charge on any atom is -0.321 e. The Hall–Kier alpha value is -3.18. The Morgan fingerprint density at radius 2 is 1.75 bits per heavy atom. The summed E-state index contributed by atoms with van der Waals surface area (Å²) in [4.78, 5) is 17.8. The van der Waals surface area contributed by atoms with E-state index in [9.17, 15) is 9.18 Å². The first kappa shape index (κ1) is 18.2. The maximum Gasteiger partial charge on any atom is 0.274 e. The Morgan fingerprint density at radius 3 is 2.46 bits per heavy atom. The largest absolute Gasteiger partial charge is 0.321 e. The smallest absolute Gasteiger partial charge is 0.274 e. The monoisotopic (exact) mass is 393 g/mol. The van der Waals surface area contributed by atoms with Crippen LogP contribution >= 0.6 is 11.6 Å². The summed E-state index contributed by atoms with van der Waals surface area (Å²) in [5, 5.41) is 2.74. The van der Waals surface area contributed by atoms with Crippen LogP contribution in [0.15, 0.2) is 60.8 Å². The lowest BCUT2D eigenvalue weighted by Crippen LogP contribution is -2.15. The van der Waals surface area contributed by atoms with E-state index >= 15 is 0 Å². The van der Waals surface area contributed by atoms with Crippen LogP contribution < -0.4 is 5.32 Å². The molecule has 0 atom stereocenters. The molecule has 0 saturated carbocycles. The second-order valence-electron chi connectivity index (χ2n) is 6.69. The lowest BCUT2D eigenvalue weighted by molar-refractivity contribution is 0.102. The van der Waals surface area contributed by atoms with E-state index < -0.39 is 5.82 Å². The molecule has 28 heavy (non-hydrogen) atoms. The quantitative estimate of drug-likeness (QED) is 0.488. The second kappa shape index (κ2) is 7.09. The predicted octanol–water partition coefficient (Wildman–Crippen LogP) is 5.66. The number of anilines is 1. The fraction of sp³-hybridized carbons (Fsp3) is 0.0909. The third-order valence-corrected chi connectivity index (χ3v) is 4.77. The molecule has 4 aromatic rings. The molecule has 0 unspecified atom stereocenters. The van der Waals surface area contributed by atoms with Gasteiger partial charge in [-0.25, -0.2) is 9.37 Å². The number of hydrogen-bond acceptors (Lipinski definition) is 2. The molecule has 140 valence electrons. The number of hydrogen-bond donors (Lipinski definition) is 1. The van der Waals surface area contributed by atoms with Gasteiger partial charge in [0.15, 0.2) is 0 Å². The Labute approximate surface area is 166 Å². The highest BCUT2D eigenvalue weighted by atomic mass is 35.5. The predicted molar refractivity (Wildman–Crippen MR) is 109 cm³/mol. The van der Waals surface area contributed by atoms with E-state index in [4.69, 9.17) is 11.6 Å². The number of nitrogens with one attached hydrogen (secondary N) is 1. The molecule has 2 heterocycles. The lowest BCUT2D eigenvalue weighted by atomic mass is 10.1. The van der Waals surface area contributed by atoms with Gasteiger partial charge in [-0.2, -0.15) is 0 Å². The minimum absolute atomic E-state index is 0.0504. The molecular formula is C22H17ClFN3O. The van der Waals surface area contributed by atoms with E-state index in [1.807, 2.05) is 56.4 Å². The van der Waals surface area contributed by atoms with E-state index in [1.165, 1.54) is 18.2 Å². The fourth-order valence-electron chi connectivity index (χ4n) is 3.04. The van der Waals surface area contributed by atoms with Gasteiger partial charge in [0, 0.05) is 17.4 Å². The average molecular weight is 394 g/mol. The molecule has 0 fully saturated rings. The van der Waals surface area contributed by atoms with Gasteiger partial charge in [-0.1, -0.05) is 47.5 Å². The zero-order chi connectivity index (χ0) is 19.8. The highest BCUT2D eigenvalue weighted by Crippen LogP contribution is 2.27. The van der Waals surface area contributed by atoms with Gasteiger partial charge in [0.1, 0.15) is 22.9 Å². The molecule has 4 nitrogen and oxygen atoms in total. The molecule has 0 aliphatic rings. The van der Waals surface area contributed by atoms with Gasteiger partial charge >= 0.3 is 0 Å². The summed E-state index contributed by atoms with van der Waals surface area (Å²) in [6.07, 6.45) is 1.87. The van der Waals surface area contributed by atoms with Crippen molar-refractivity contribution in [2.75, 3.05) is 5.32 Å². The molecule has 1 amide bonds. The summed E-state index contributed by atoms with van der Waals surface area (Å²) in [6, 6.07) is 15.7. The fourth-order valence-corrected chi connectivity index (χ4v) is 3.23. The molecule has 0 aliphatic heterocycles. The topological polar surface area (TPSA) is 46.4 Å². The normalized spacial score (nSPS) is 11.0. The van der Waals surface area contributed by atoms with Crippen molar-refractivity contribution >= 4 is 28.8 Å². The van der Waals surface area contributed by atoms with Gasteiger partial charge in [0.25, 0.3) is 5.91 Å². The standard InChI is InChI=1S/C22H17ClFN3O/c1-13-3-6-15(7-4-13)20-21(27-12-14(2)5-10-19(27)26-20)22(28)25-16-8-9-18(24)17(23)11-16/h3-12H,1-2H3,(H,25,28). The number of nitrogens with zero attached hydrogens (tertiary/aromatic N) is 2. The van der Waals surface area contributed by atoms with Crippen molar-refractivity contribution < 1.29 is 9.18 Å². The number of carbonyl (C=O) groups is 1. The van der Waals surface area contributed by atoms with Crippen LogP contribution in [0.25, 0.3) is 16.9 Å². The van der Waals surface area contributed by atoms with Crippen molar-refractivity contribution in [1.29, 1.82) is 0 Å². The van der Waals surface area contributed by atoms with Crippen molar-refractivity contribution in [2.45, 2.75) is 13.8 Å². The zero-order valence-electron chi connectivity index (χ0n) is 15.3. The molecule has 0 aliphatic carbocycles. The van der Waals surface area contributed by atoms with Gasteiger partial charge in [-0.3, -0.25) is 9.20 Å². The van der Waals surface area contributed by atoms with Gasteiger partial charge in [-0.15, -0.1) is 0 Å². The number of amides is 1. The Kier molecular flexibility index (Phi) is 4.61. The summed E-state index contributed by atoms with van der Waals surface area (Å²) < 4.78 is 15.2. The van der Waals surface area contributed by atoms with E-state index in [2.05, 4.69) is 10.3 Å². The van der Waals surface area contributed by atoms with E-state index in [1.54, 1.807) is 4.40 Å². The molecule has 0 bridgehead atoms. The van der Waals surface area contributed by atoms with E-state index in [-0.39, 0.29) is 10.9 Å². The zero-order valence-corrected chi connectivity index (χ0v) is 16.1.